The highest BCUT2D eigenvalue weighted by Crippen LogP contribution is 2.07. The summed E-state index contributed by atoms with van der Waals surface area (Å²) in [5.41, 5.74) is 1.39. The van der Waals surface area contributed by atoms with Crippen LogP contribution in [0.1, 0.15) is 33.3 Å². The zero-order valence-electron chi connectivity index (χ0n) is 12.1. The van der Waals surface area contributed by atoms with E-state index in [1.54, 1.807) is 0 Å². The third-order valence-corrected chi connectivity index (χ3v) is 3.19. The highest BCUT2D eigenvalue weighted by Gasteiger charge is 2.16. The molecule has 2 nitrogen and oxygen atoms in total. The minimum atomic E-state index is 0.434. The van der Waals surface area contributed by atoms with Gasteiger partial charge < -0.3 is 10.1 Å². The molecule has 1 rings (SSSR count). The normalized spacial score (nSPS) is 14.7. The molecule has 0 saturated heterocycles. The molecule has 2 heteroatoms. The Morgan fingerprint density at radius 3 is 2.33 bits per heavy atom. The van der Waals surface area contributed by atoms with Crippen molar-refractivity contribution in [3.05, 3.63) is 35.9 Å². The fraction of sp³-hybridized carbons (Fsp3) is 0.625. The van der Waals surface area contributed by atoms with Crippen LogP contribution in [-0.2, 0) is 11.2 Å². The minimum Gasteiger partial charge on any atom is -0.380 e. The summed E-state index contributed by atoms with van der Waals surface area (Å²) in [5, 5.41) is 3.67. The highest BCUT2D eigenvalue weighted by molar-refractivity contribution is 5.15. The van der Waals surface area contributed by atoms with Gasteiger partial charge in [0.15, 0.2) is 0 Å². The lowest BCUT2D eigenvalue weighted by atomic mass is 10.0. The summed E-state index contributed by atoms with van der Waals surface area (Å²) in [5.74, 6) is 0.592. The predicted octanol–water partition coefficient (Wildman–Crippen LogP) is 3.27. The minimum absolute atomic E-state index is 0.434. The second-order valence-corrected chi connectivity index (χ2v) is 5.27. The van der Waals surface area contributed by atoms with E-state index in [-0.39, 0.29) is 0 Å². The fourth-order valence-corrected chi connectivity index (χ4v) is 2.07. The van der Waals surface area contributed by atoms with E-state index in [2.05, 4.69) is 56.4 Å². The van der Waals surface area contributed by atoms with Crippen LogP contribution in [0.4, 0.5) is 0 Å². The monoisotopic (exact) mass is 249 g/mol. The standard InChI is InChI=1S/C16H27NO/c1-5-18-12-16(13(2)3)17-14(4)11-15-9-7-6-8-10-15/h6-10,13-14,16-17H,5,11-12H2,1-4H3. The zero-order valence-corrected chi connectivity index (χ0v) is 12.1. The Kier molecular flexibility index (Phi) is 6.99. The molecule has 0 heterocycles. The van der Waals surface area contributed by atoms with E-state index in [9.17, 15) is 0 Å². The molecule has 1 aromatic carbocycles. The lowest BCUT2D eigenvalue weighted by Gasteiger charge is -2.26. The summed E-state index contributed by atoms with van der Waals surface area (Å²) in [6.45, 7) is 10.4. The van der Waals surface area contributed by atoms with Crippen molar-refractivity contribution in [2.45, 2.75) is 46.2 Å². The lowest BCUT2D eigenvalue weighted by molar-refractivity contribution is 0.104. The molecule has 0 amide bonds. The molecule has 0 aliphatic carbocycles. The van der Waals surface area contributed by atoms with Crippen molar-refractivity contribution in [2.75, 3.05) is 13.2 Å². The van der Waals surface area contributed by atoms with E-state index in [1.165, 1.54) is 5.56 Å². The maximum atomic E-state index is 5.55. The molecule has 1 aromatic rings. The van der Waals surface area contributed by atoms with Crippen LogP contribution < -0.4 is 5.32 Å². The zero-order chi connectivity index (χ0) is 13.4. The molecule has 0 saturated carbocycles. The summed E-state index contributed by atoms with van der Waals surface area (Å²) in [6, 6.07) is 11.5. The molecule has 0 spiro atoms. The van der Waals surface area contributed by atoms with Gasteiger partial charge in [-0.25, -0.2) is 0 Å². The van der Waals surface area contributed by atoms with Gasteiger partial charge in [-0.1, -0.05) is 44.2 Å². The highest BCUT2D eigenvalue weighted by atomic mass is 16.5. The number of ether oxygens (including phenoxy) is 1. The van der Waals surface area contributed by atoms with Gasteiger partial charge in [-0.2, -0.15) is 0 Å². The molecule has 2 unspecified atom stereocenters. The van der Waals surface area contributed by atoms with Crippen LogP contribution in [-0.4, -0.2) is 25.3 Å². The van der Waals surface area contributed by atoms with Crippen molar-refractivity contribution >= 4 is 0 Å². The van der Waals surface area contributed by atoms with Gasteiger partial charge in [-0.05, 0) is 31.7 Å². The first kappa shape index (κ1) is 15.2. The van der Waals surface area contributed by atoms with Crippen LogP contribution in [0.15, 0.2) is 30.3 Å². The largest absolute Gasteiger partial charge is 0.380 e. The third kappa shape index (κ3) is 5.65. The van der Waals surface area contributed by atoms with Gasteiger partial charge in [0.25, 0.3) is 0 Å². The first-order chi connectivity index (χ1) is 8.63. The van der Waals surface area contributed by atoms with Gasteiger partial charge in [-0.3, -0.25) is 0 Å². The van der Waals surface area contributed by atoms with Crippen LogP contribution >= 0.6 is 0 Å². The maximum absolute atomic E-state index is 5.55. The smallest absolute Gasteiger partial charge is 0.0622 e. The summed E-state index contributed by atoms with van der Waals surface area (Å²) in [7, 11) is 0. The summed E-state index contributed by atoms with van der Waals surface area (Å²) < 4.78 is 5.55. The first-order valence-electron chi connectivity index (χ1n) is 7.01. The molecule has 0 bridgehead atoms. The van der Waals surface area contributed by atoms with E-state index >= 15 is 0 Å². The Morgan fingerprint density at radius 2 is 1.78 bits per heavy atom. The van der Waals surface area contributed by atoms with Gasteiger partial charge >= 0.3 is 0 Å². The lowest BCUT2D eigenvalue weighted by Crippen LogP contribution is -2.44. The molecule has 2 atom stereocenters. The summed E-state index contributed by atoms with van der Waals surface area (Å²) in [6.07, 6.45) is 1.07. The number of benzene rings is 1. The second-order valence-electron chi connectivity index (χ2n) is 5.27. The van der Waals surface area contributed by atoms with Gasteiger partial charge in [0.05, 0.1) is 6.61 Å². The quantitative estimate of drug-likeness (QED) is 0.763. The molecule has 0 aliphatic heterocycles. The SMILES string of the molecule is CCOCC(NC(C)Cc1ccccc1)C(C)C. The van der Waals surface area contributed by atoms with Crippen LogP contribution in [0, 0.1) is 5.92 Å². The van der Waals surface area contributed by atoms with Crippen molar-refractivity contribution in [2.24, 2.45) is 5.92 Å². The molecular formula is C16H27NO. The van der Waals surface area contributed by atoms with Gasteiger partial charge in [0, 0.05) is 18.7 Å². The number of nitrogens with one attached hydrogen (secondary N) is 1. The maximum Gasteiger partial charge on any atom is 0.0622 e. The van der Waals surface area contributed by atoms with E-state index in [0.717, 1.165) is 19.6 Å². The van der Waals surface area contributed by atoms with Crippen LogP contribution in [0.5, 0.6) is 0 Å². The molecule has 0 aromatic heterocycles. The van der Waals surface area contributed by atoms with Crippen molar-refractivity contribution in [1.29, 1.82) is 0 Å². The van der Waals surface area contributed by atoms with Gasteiger partial charge in [0.2, 0.25) is 0 Å². The van der Waals surface area contributed by atoms with E-state index < -0.39 is 0 Å². The molecule has 18 heavy (non-hydrogen) atoms. The predicted molar refractivity (Wildman–Crippen MR) is 77.9 cm³/mol. The molecule has 102 valence electrons. The van der Waals surface area contributed by atoms with Crippen molar-refractivity contribution in [3.8, 4) is 0 Å². The Balaban J connectivity index is 2.43. The van der Waals surface area contributed by atoms with Crippen LogP contribution in [0.3, 0.4) is 0 Å². The first-order valence-corrected chi connectivity index (χ1v) is 7.01. The van der Waals surface area contributed by atoms with Crippen LogP contribution in [0.25, 0.3) is 0 Å². The van der Waals surface area contributed by atoms with Gasteiger partial charge in [0.1, 0.15) is 0 Å². The fourth-order valence-electron chi connectivity index (χ4n) is 2.07. The van der Waals surface area contributed by atoms with Crippen molar-refractivity contribution < 1.29 is 4.74 Å². The van der Waals surface area contributed by atoms with Crippen molar-refractivity contribution in [1.82, 2.24) is 5.32 Å². The molecule has 0 aliphatic rings. The molecule has 1 N–H and O–H groups in total. The third-order valence-electron chi connectivity index (χ3n) is 3.19. The Hall–Kier alpha value is -0.860. The Labute approximate surface area is 112 Å². The molecule has 0 fully saturated rings. The second kappa shape index (κ2) is 8.28. The Bertz CT molecular complexity index is 310. The topological polar surface area (TPSA) is 21.3 Å². The molecule has 0 radical (unpaired) electrons. The van der Waals surface area contributed by atoms with Gasteiger partial charge in [-0.15, -0.1) is 0 Å². The number of rotatable bonds is 8. The average Bonchev–Trinajstić information content (AvgIpc) is 2.35. The van der Waals surface area contributed by atoms with E-state index in [1.807, 2.05) is 6.92 Å². The van der Waals surface area contributed by atoms with Crippen LogP contribution in [0.2, 0.25) is 0 Å². The average molecular weight is 249 g/mol. The Morgan fingerprint density at radius 1 is 1.11 bits per heavy atom. The summed E-state index contributed by atoms with van der Waals surface area (Å²) in [4.78, 5) is 0. The molecular weight excluding hydrogens is 222 g/mol. The van der Waals surface area contributed by atoms with Crippen molar-refractivity contribution in [3.63, 3.8) is 0 Å². The van der Waals surface area contributed by atoms with E-state index in [4.69, 9.17) is 4.74 Å². The number of hydrogen-bond acceptors (Lipinski definition) is 2. The van der Waals surface area contributed by atoms with E-state index in [0.29, 0.717) is 18.0 Å². The summed E-state index contributed by atoms with van der Waals surface area (Å²) >= 11 is 0. The number of hydrogen-bond donors (Lipinski definition) is 1.